The van der Waals surface area contributed by atoms with Crippen molar-refractivity contribution < 1.29 is 4.79 Å². The lowest BCUT2D eigenvalue weighted by Gasteiger charge is -2.35. The minimum Gasteiger partial charge on any atom is -0.373 e. The van der Waals surface area contributed by atoms with E-state index in [-0.39, 0.29) is 11.2 Å². The maximum Gasteiger partial charge on any atom is 0.137 e. The van der Waals surface area contributed by atoms with Gasteiger partial charge in [0.15, 0.2) is 0 Å². The van der Waals surface area contributed by atoms with E-state index < -0.39 is 0 Å². The van der Waals surface area contributed by atoms with Gasteiger partial charge < -0.3 is 4.90 Å². The second-order valence-corrected chi connectivity index (χ2v) is 9.21. The number of allylic oxidation sites excluding steroid dienone is 4. The minimum absolute atomic E-state index is 0.243. The van der Waals surface area contributed by atoms with Crippen LogP contribution in [0.25, 0.3) is 5.57 Å². The lowest BCUT2D eigenvalue weighted by molar-refractivity contribution is -0.126. The average molecular weight is 420 g/mol. The summed E-state index contributed by atoms with van der Waals surface area (Å²) >= 11 is 6.17. The summed E-state index contributed by atoms with van der Waals surface area (Å²) in [7, 11) is 4.81. The molecule has 4 heteroatoms. The van der Waals surface area contributed by atoms with Gasteiger partial charge in [0.2, 0.25) is 0 Å². The van der Waals surface area contributed by atoms with Gasteiger partial charge in [-0.3, -0.25) is 4.79 Å². The van der Waals surface area contributed by atoms with Gasteiger partial charge in [0, 0.05) is 29.7 Å². The fraction of sp³-hybridized carbons (Fsp3) is 0.458. The van der Waals surface area contributed by atoms with E-state index in [1.807, 2.05) is 18.2 Å². The van der Waals surface area contributed by atoms with Crippen molar-refractivity contribution in [2.75, 3.05) is 13.6 Å². The Morgan fingerprint density at radius 3 is 2.39 bits per heavy atom. The van der Waals surface area contributed by atoms with Crippen LogP contribution >= 0.6 is 20.8 Å². The topological polar surface area (TPSA) is 20.3 Å². The first-order valence-electron chi connectivity index (χ1n) is 9.75. The number of rotatable bonds is 9. The third-order valence-electron chi connectivity index (χ3n) is 5.22. The zero-order valence-electron chi connectivity index (χ0n) is 18.4. The fourth-order valence-electron chi connectivity index (χ4n) is 3.81. The van der Waals surface area contributed by atoms with E-state index >= 15 is 0 Å². The van der Waals surface area contributed by atoms with Gasteiger partial charge in [-0.05, 0) is 74.3 Å². The molecule has 1 rings (SSSR count). The summed E-state index contributed by atoms with van der Waals surface area (Å²) in [5.41, 5.74) is 5.08. The smallest absolute Gasteiger partial charge is 0.137 e. The van der Waals surface area contributed by atoms with Crippen molar-refractivity contribution in [2.45, 2.75) is 54.4 Å². The lowest BCUT2D eigenvalue weighted by Crippen LogP contribution is -2.38. The highest BCUT2D eigenvalue weighted by atomic mass is 35.5. The number of nitrogens with zero attached hydrogens (tertiary/aromatic N) is 1. The van der Waals surface area contributed by atoms with Crippen LogP contribution in [0.4, 0.5) is 0 Å². The van der Waals surface area contributed by atoms with E-state index in [0.29, 0.717) is 11.6 Å². The van der Waals surface area contributed by atoms with Gasteiger partial charge in [0.25, 0.3) is 0 Å². The van der Waals surface area contributed by atoms with Crippen molar-refractivity contribution in [1.82, 2.24) is 4.90 Å². The molecule has 1 aromatic rings. The van der Waals surface area contributed by atoms with Gasteiger partial charge in [-0.25, -0.2) is 0 Å². The first-order chi connectivity index (χ1) is 12.9. The van der Waals surface area contributed by atoms with Crippen molar-refractivity contribution in [3.05, 3.63) is 58.3 Å². The van der Waals surface area contributed by atoms with Crippen molar-refractivity contribution in [3.8, 4) is 0 Å². The number of halogens is 1. The maximum atomic E-state index is 12.3. The van der Waals surface area contributed by atoms with E-state index in [9.17, 15) is 4.79 Å². The Balaban J connectivity index is 3.22. The van der Waals surface area contributed by atoms with Gasteiger partial charge in [-0.1, -0.05) is 50.1 Å². The Hall–Kier alpha value is -1.37. The van der Waals surface area contributed by atoms with Crippen LogP contribution in [0.15, 0.2) is 47.7 Å². The number of ketones is 1. The van der Waals surface area contributed by atoms with Gasteiger partial charge in [0.1, 0.15) is 5.78 Å². The zero-order chi connectivity index (χ0) is 21.6. The van der Waals surface area contributed by atoms with E-state index in [1.165, 1.54) is 5.57 Å². The highest BCUT2D eigenvalue weighted by Crippen LogP contribution is 2.30. The number of carbonyl (C=O) groups is 1. The summed E-state index contributed by atoms with van der Waals surface area (Å²) in [6.45, 7) is 17.2. The molecular formula is C24H35ClNOP. The second-order valence-electron chi connectivity index (χ2n) is 8.16. The molecule has 0 spiro atoms. The molecule has 0 saturated carbocycles. The summed E-state index contributed by atoms with van der Waals surface area (Å²) in [4.78, 5) is 14.5. The van der Waals surface area contributed by atoms with Crippen LogP contribution in [0.5, 0.6) is 0 Å². The first-order valence-corrected chi connectivity index (χ1v) is 10.7. The molecule has 28 heavy (non-hydrogen) atoms. The maximum absolute atomic E-state index is 12.3. The Morgan fingerprint density at radius 2 is 1.89 bits per heavy atom. The van der Waals surface area contributed by atoms with Crippen molar-refractivity contribution in [1.29, 1.82) is 0 Å². The zero-order valence-corrected chi connectivity index (χ0v) is 20.4. The van der Waals surface area contributed by atoms with Crippen molar-refractivity contribution >= 4 is 37.5 Å². The van der Waals surface area contributed by atoms with Crippen LogP contribution in [0.1, 0.15) is 59.9 Å². The molecule has 0 aromatic heterocycles. The fourth-order valence-corrected chi connectivity index (χ4v) is 4.35. The van der Waals surface area contributed by atoms with Crippen LogP contribution in [0.3, 0.4) is 0 Å². The minimum atomic E-state index is -0.346. The van der Waals surface area contributed by atoms with E-state index in [1.54, 1.807) is 6.92 Å². The van der Waals surface area contributed by atoms with Gasteiger partial charge >= 0.3 is 0 Å². The van der Waals surface area contributed by atoms with Gasteiger partial charge in [0.05, 0.1) is 0 Å². The predicted molar refractivity (Wildman–Crippen MR) is 128 cm³/mol. The normalized spacial score (nSPS) is 13.7. The molecule has 0 aliphatic heterocycles. The first kappa shape index (κ1) is 24.7. The monoisotopic (exact) mass is 419 g/mol. The summed E-state index contributed by atoms with van der Waals surface area (Å²) in [5, 5.41) is 1.77. The molecule has 0 aliphatic carbocycles. The molecule has 0 N–H and O–H groups in total. The molecule has 0 heterocycles. The van der Waals surface area contributed by atoms with Crippen LogP contribution in [0, 0.1) is 5.41 Å². The Labute approximate surface area is 178 Å². The molecule has 2 nitrogen and oxygen atoms in total. The molecular weight excluding hydrogens is 385 g/mol. The number of likely N-dealkylation sites (N-methyl/N-ethyl adjacent to an activating group) is 1. The number of benzene rings is 1. The molecule has 2 unspecified atom stereocenters. The van der Waals surface area contributed by atoms with Crippen LogP contribution < -0.4 is 5.30 Å². The van der Waals surface area contributed by atoms with Crippen LogP contribution in [0.2, 0.25) is 5.02 Å². The standard InChI is InChI=1S/C24H35ClNOP/c1-9-12-24(7,19(6)27)15-26(8)23(16(2)3)18(5)13-17(4)21-14-20(25)10-11-22(21)28/h10-11,13-14H,4,9,12,15,28H2,1-3,5-8H3/b18-13-. The highest BCUT2D eigenvalue weighted by molar-refractivity contribution is 7.27. The van der Waals surface area contributed by atoms with Crippen LogP contribution in [-0.4, -0.2) is 24.3 Å². The summed E-state index contributed by atoms with van der Waals surface area (Å²) in [6, 6.07) is 5.80. The molecule has 2 atom stereocenters. The Bertz CT molecular complexity index is 805. The molecule has 0 radical (unpaired) electrons. The van der Waals surface area contributed by atoms with Crippen molar-refractivity contribution in [2.24, 2.45) is 5.41 Å². The quantitative estimate of drug-likeness (QED) is 0.340. The van der Waals surface area contributed by atoms with E-state index in [2.05, 4.69) is 68.5 Å². The van der Waals surface area contributed by atoms with E-state index in [4.69, 9.17) is 11.6 Å². The molecule has 1 aromatic carbocycles. The second kappa shape index (κ2) is 10.4. The molecule has 0 aliphatic rings. The van der Waals surface area contributed by atoms with Crippen molar-refractivity contribution in [3.63, 3.8) is 0 Å². The lowest BCUT2D eigenvalue weighted by atomic mass is 9.81. The number of carbonyl (C=O) groups excluding carboxylic acids is 1. The Morgan fingerprint density at radius 1 is 1.29 bits per heavy atom. The average Bonchev–Trinajstić information content (AvgIpc) is 2.56. The molecule has 154 valence electrons. The summed E-state index contributed by atoms with van der Waals surface area (Å²) in [6.07, 6.45) is 3.98. The largest absolute Gasteiger partial charge is 0.373 e. The Kier molecular flexibility index (Phi) is 9.18. The number of hydrogen-bond acceptors (Lipinski definition) is 2. The molecule has 0 fully saturated rings. The highest BCUT2D eigenvalue weighted by Gasteiger charge is 2.31. The number of Topliss-reactive ketones (excluding diaryl/α,β-unsaturated/α-hetero) is 1. The summed E-state index contributed by atoms with van der Waals surface area (Å²) < 4.78 is 0. The summed E-state index contributed by atoms with van der Waals surface area (Å²) in [5.74, 6) is 0.243. The predicted octanol–water partition coefficient (Wildman–Crippen LogP) is 6.42. The van der Waals surface area contributed by atoms with Crippen LogP contribution in [-0.2, 0) is 4.79 Å². The third-order valence-corrected chi connectivity index (χ3v) is 5.96. The molecule has 0 amide bonds. The number of hydrogen-bond donors (Lipinski definition) is 0. The molecule has 0 bridgehead atoms. The van der Waals surface area contributed by atoms with E-state index in [0.717, 1.165) is 40.6 Å². The third kappa shape index (κ3) is 6.33. The molecule has 0 saturated heterocycles. The SMILES string of the molecule is C=C(/C=C(/C)C(=C(C)C)N(C)CC(C)(CCC)C(C)=O)c1cc(Cl)ccc1P. The van der Waals surface area contributed by atoms with Gasteiger partial charge in [-0.2, -0.15) is 0 Å². The van der Waals surface area contributed by atoms with Gasteiger partial charge in [-0.15, -0.1) is 9.24 Å².